The molecule has 30 heavy (non-hydrogen) atoms. The number of H-pyrrole nitrogens is 1. The molecule has 0 fully saturated rings. The van der Waals surface area contributed by atoms with Gasteiger partial charge in [0.05, 0.1) is 16.8 Å². The molecule has 0 atom stereocenters. The smallest absolute Gasteiger partial charge is 0.341 e. The summed E-state index contributed by atoms with van der Waals surface area (Å²) in [7, 11) is -2.67. The lowest BCUT2D eigenvalue weighted by atomic mass is 10.0. The van der Waals surface area contributed by atoms with Crippen molar-refractivity contribution in [3.05, 3.63) is 77.9 Å². The molecule has 11 heteroatoms. The average Bonchev–Trinajstić information content (AvgIpc) is 3.29. The molecule has 9 nitrogen and oxygen atoms in total. The number of aromatic nitrogens is 4. The van der Waals surface area contributed by atoms with Crippen LogP contribution in [-0.4, -0.2) is 40.0 Å². The molecule has 2 aromatic heterocycles. The highest BCUT2D eigenvalue weighted by Crippen LogP contribution is 2.26. The number of benzene rings is 2. The first-order valence-corrected chi connectivity index (χ1v) is 11.2. The van der Waals surface area contributed by atoms with Crippen LogP contribution < -0.4 is 0 Å². The number of carbonyl (C=O) groups excluding carboxylic acids is 1. The maximum Gasteiger partial charge on any atom is 0.466 e. The van der Waals surface area contributed by atoms with Gasteiger partial charge in [-0.25, -0.2) is 14.5 Å². The van der Waals surface area contributed by atoms with Crippen LogP contribution in [0.5, 0.6) is 0 Å². The second kappa shape index (κ2) is 9.38. The third kappa shape index (κ3) is 6.12. The Bertz CT molecular complexity index is 1190. The van der Waals surface area contributed by atoms with Crippen LogP contribution in [0, 0.1) is 0 Å². The fourth-order valence-electron chi connectivity index (χ4n) is 2.65. The van der Waals surface area contributed by atoms with Crippen molar-refractivity contribution in [3.63, 3.8) is 0 Å². The van der Waals surface area contributed by atoms with E-state index in [9.17, 15) is 4.79 Å². The zero-order valence-corrected chi connectivity index (χ0v) is 17.5. The highest BCUT2D eigenvalue weighted by Gasteiger charge is 2.11. The highest BCUT2D eigenvalue weighted by atomic mass is 32.2. The molecule has 0 aliphatic rings. The second-order valence-electron chi connectivity index (χ2n) is 6.23. The van der Waals surface area contributed by atoms with E-state index < -0.39 is 7.82 Å². The van der Waals surface area contributed by atoms with Gasteiger partial charge in [-0.2, -0.15) is 0 Å². The summed E-state index contributed by atoms with van der Waals surface area (Å²) >= 11 is 1.62. The van der Waals surface area contributed by atoms with Crippen LogP contribution in [0.3, 0.4) is 0 Å². The fraction of sp³-hybridized carbons (Fsp3) is 0.105. The van der Waals surface area contributed by atoms with Crippen molar-refractivity contribution in [2.75, 3.05) is 0 Å². The Balaban J connectivity index is 0.000000461. The van der Waals surface area contributed by atoms with E-state index in [0.717, 1.165) is 22.0 Å². The number of fused-ring (bicyclic) bond motifs is 1. The Morgan fingerprint density at radius 3 is 2.47 bits per heavy atom. The third-order valence-corrected chi connectivity index (χ3v) is 5.01. The summed E-state index contributed by atoms with van der Waals surface area (Å²) in [6, 6.07) is 14.9. The SMILES string of the molecule is Cn1ccnc1SCc1nc2ccc(C(=O)c3ccccc3)cc2[nH]1.O=P(O)(O)O. The van der Waals surface area contributed by atoms with Crippen LogP contribution >= 0.6 is 19.6 Å². The van der Waals surface area contributed by atoms with E-state index in [-0.39, 0.29) is 5.78 Å². The monoisotopic (exact) mass is 446 g/mol. The van der Waals surface area contributed by atoms with Gasteiger partial charge in [-0.1, -0.05) is 42.1 Å². The van der Waals surface area contributed by atoms with Crippen LogP contribution in [0.25, 0.3) is 11.0 Å². The molecule has 0 spiro atoms. The maximum atomic E-state index is 12.6. The molecule has 156 valence electrons. The first kappa shape index (κ1) is 21.9. The topological polar surface area (TPSA) is 141 Å². The van der Waals surface area contributed by atoms with E-state index in [1.807, 2.05) is 66.3 Å². The summed E-state index contributed by atoms with van der Waals surface area (Å²) in [5, 5.41) is 0.945. The van der Waals surface area contributed by atoms with Crippen molar-refractivity contribution in [3.8, 4) is 0 Å². The van der Waals surface area contributed by atoms with Crippen molar-refractivity contribution in [2.24, 2.45) is 7.05 Å². The predicted molar refractivity (Wildman–Crippen MR) is 113 cm³/mol. The number of phosphoric acid groups is 1. The second-order valence-corrected chi connectivity index (χ2v) is 8.20. The Morgan fingerprint density at radius 2 is 1.83 bits per heavy atom. The standard InChI is InChI=1S/C19H16N4OS.H3O4P/c1-23-10-9-20-19(23)25-12-17-21-15-8-7-14(11-16(15)22-17)18(24)13-5-3-2-4-6-13;1-5(2,3)4/h2-11H,12H2,1H3,(H,21,22);(H3,1,2,3,4). The number of imidazole rings is 2. The summed E-state index contributed by atoms with van der Waals surface area (Å²) in [6.07, 6.45) is 3.70. The zero-order chi connectivity index (χ0) is 21.7. The molecule has 4 aromatic rings. The van der Waals surface area contributed by atoms with Gasteiger partial charge in [0.1, 0.15) is 5.82 Å². The molecule has 0 saturated heterocycles. The Morgan fingerprint density at radius 1 is 1.13 bits per heavy atom. The van der Waals surface area contributed by atoms with Crippen molar-refractivity contribution in [1.29, 1.82) is 0 Å². The summed E-state index contributed by atoms with van der Waals surface area (Å²) in [6.45, 7) is 0. The minimum absolute atomic E-state index is 0.0148. The lowest BCUT2D eigenvalue weighted by molar-refractivity contribution is 0.103. The molecular weight excluding hydrogens is 427 g/mol. The molecule has 0 aliphatic carbocycles. The predicted octanol–water partition coefficient (Wildman–Crippen LogP) is 2.89. The van der Waals surface area contributed by atoms with E-state index in [1.54, 1.807) is 18.0 Å². The summed E-state index contributed by atoms with van der Waals surface area (Å²) < 4.78 is 10.9. The zero-order valence-electron chi connectivity index (χ0n) is 15.8. The molecule has 0 bridgehead atoms. The molecule has 4 N–H and O–H groups in total. The Hall–Kier alpha value is -2.75. The molecule has 0 aliphatic heterocycles. The van der Waals surface area contributed by atoms with Gasteiger partial charge in [-0.05, 0) is 18.2 Å². The summed E-state index contributed by atoms with van der Waals surface area (Å²) in [5.74, 6) is 1.58. The number of aromatic amines is 1. The number of ketones is 1. The average molecular weight is 446 g/mol. The quantitative estimate of drug-likeness (QED) is 0.208. The van der Waals surface area contributed by atoms with Crippen LogP contribution in [0.1, 0.15) is 21.7 Å². The number of carbonyl (C=O) groups is 1. The van der Waals surface area contributed by atoms with Gasteiger partial charge in [0.15, 0.2) is 10.9 Å². The van der Waals surface area contributed by atoms with Gasteiger partial charge >= 0.3 is 7.82 Å². The van der Waals surface area contributed by atoms with Gasteiger partial charge in [0.25, 0.3) is 0 Å². The highest BCUT2D eigenvalue weighted by molar-refractivity contribution is 7.98. The molecule has 0 unspecified atom stereocenters. The van der Waals surface area contributed by atoms with Crippen LogP contribution in [-0.2, 0) is 17.4 Å². The number of nitrogens with zero attached hydrogens (tertiary/aromatic N) is 3. The van der Waals surface area contributed by atoms with Crippen molar-refractivity contribution < 1.29 is 24.0 Å². The minimum atomic E-state index is -4.64. The van der Waals surface area contributed by atoms with Crippen LogP contribution in [0.2, 0.25) is 0 Å². The number of nitrogens with one attached hydrogen (secondary N) is 1. The molecule has 0 radical (unpaired) electrons. The Kier molecular flexibility index (Phi) is 6.86. The van der Waals surface area contributed by atoms with Crippen LogP contribution in [0.4, 0.5) is 0 Å². The van der Waals surface area contributed by atoms with Crippen LogP contribution in [0.15, 0.2) is 66.1 Å². The first-order chi connectivity index (χ1) is 14.2. The number of hydrogen-bond donors (Lipinski definition) is 4. The van der Waals surface area contributed by atoms with Gasteiger partial charge in [-0.15, -0.1) is 0 Å². The van der Waals surface area contributed by atoms with Gasteiger partial charge in [-0.3, -0.25) is 4.79 Å². The number of hydrogen-bond acceptors (Lipinski definition) is 5. The van der Waals surface area contributed by atoms with Crippen molar-refractivity contribution >= 4 is 36.4 Å². The molecule has 4 rings (SSSR count). The van der Waals surface area contributed by atoms with Gasteiger partial charge < -0.3 is 24.2 Å². The number of rotatable bonds is 5. The third-order valence-electron chi connectivity index (χ3n) is 3.94. The minimum Gasteiger partial charge on any atom is -0.341 e. The van der Waals surface area contributed by atoms with Gasteiger partial charge in [0.2, 0.25) is 0 Å². The van der Waals surface area contributed by atoms with E-state index in [2.05, 4.69) is 15.0 Å². The maximum absolute atomic E-state index is 12.6. The van der Waals surface area contributed by atoms with Crippen molar-refractivity contribution in [2.45, 2.75) is 10.9 Å². The number of thioether (sulfide) groups is 1. The lowest BCUT2D eigenvalue weighted by Crippen LogP contribution is -2.00. The molecule has 2 heterocycles. The summed E-state index contributed by atoms with van der Waals surface area (Å²) in [4.78, 5) is 46.3. The first-order valence-electron chi connectivity index (χ1n) is 8.67. The fourth-order valence-corrected chi connectivity index (χ4v) is 3.45. The van der Waals surface area contributed by atoms with E-state index >= 15 is 0 Å². The van der Waals surface area contributed by atoms with Gasteiger partial charge in [0, 0.05) is 30.6 Å². The largest absolute Gasteiger partial charge is 0.466 e. The number of aryl methyl sites for hydroxylation is 1. The normalized spacial score (nSPS) is 11.2. The molecular formula is C19H19N4O5PS. The summed E-state index contributed by atoms with van der Waals surface area (Å²) in [5.41, 5.74) is 3.08. The Labute approximate surface area is 176 Å². The van der Waals surface area contributed by atoms with E-state index in [4.69, 9.17) is 19.2 Å². The van der Waals surface area contributed by atoms with E-state index in [1.165, 1.54) is 0 Å². The molecule has 2 aromatic carbocycles. The lowest BCUT2D eigenvalue weighted by Gasteiger charge is -2.00. The molecule has 0 saturated carbocycles. The van der Waals surface area contributed by atoms with E-state index in [0.29, 0.717) is 16.9 Å². The molecule has 0 amide bonds. The van der Waals surface area contributed by atoms with Crippen molar-refractivity contribution in [1.82, 2.24) is 19.5 Å².